The lowest BCUT2D eigenvalue weighted by atomic mass is 10.1. The molecule has 4 aromatic rings. The molecule has 8 heteroatoms. The highest BCUT2D eigenvalue weighted by Crippen LogP contribution is 2.30. The molecule has 2 unspecified atom stereocenters. The first-order valence-corrected chi connectivity index (χ1v) is 13.7. The van der Waals surface area contributed by atoms with Crippen LogP contribution < -0.4 is 10.2 Å². The van der Waals surface area contributed by atoms with Crippen LogP contribution in [0.4, 0.5) is 5.69 Å². The molecule has 204 valence electrons. The summed E-state index contributed by atoms with van der Waals surface area (Å²) < 4.78 is 1.88. The van der Waals surface area contributed by atoms with Crippen LogP contribution in [0.15, 0.2) is 85.1 Å². The SMILES string of the molecule is Cn1cc(C(=O)N2C[C@H](O)CC2C(=O)NC2CCc3ccccc3N(Cc3ccccc3)C2=O)c2ccccc21. The van der Waals surface area contributed by atoms with Gasteiger partial charge in [0.05, 0.1) is 18.2 Å². The van der Waals surface area contributed by atoms with E-state index in [1.54, 1.807) is 11.1 Å². The number of aryl methyl sites for hydroxylation is 2. The molecule has 6 rings (SSSR count). The van der Waals surface area contributed by atoms with Gasteiger partial charge in [-0.05, 0) is 36.1 Å². The lowest BCUT2D eigenvalue weighted by Crippen LogP contribution is -2.53. The van der Waals surface area contributed by atoms with E-state index in [0.717, 1.165) is 27.7 Å². The number of amides is 3. The summed E-state index contributed by atoms with van der Waals surface area (Å²) >= 11 is 0. The second-order valence-corrected chi connectivity index (χ2v) is 10.7. The molecule has 1 fully saturated rings. The summed E-state index contributed by atoms with van der Waals surface area (Å²) in [5, 5.41) is 14.3. The molecule has 3 atom stereocenters. The fourth-order valence-corrected chi connectivity index (χ4v) is 6.00. The molecule has 3 amide bonds. The number of likely N-dealkylation sites (tertiary alicyclic amines) is 1. The van der Waals surface area contributed by atoms with Gasteiger partial charge < -0.3 is 24.8 Å². The zero-order valence-corrected chi connectivity index (χ0v) is 22.4. The summed E-state index contributed by atoms with van der Waals surface area (Å²) in [4.78, 5) is 44.5. The number of aliphatic hydroxyl groups is 1. The number of benzene rings is 3. The molecule has 1 saturated heterocycles. The maximum Gasteiger partial charge on any atom is 0.256 e. The quantitative estimate of drug-likeness (QED) is 0.409. The number of fused-ring (bicyclic) bond motifs is 2. The number of anilines is 1. The van der Waals surface area contributed by atoms with E-state index < -0.39 is 24.1 Å². The third-order valence-corrected chi connectivity index (χ3v) is 8.02. The van der Waals surface area contributed by atoms with Crippen LogP contribution in [0.1, 0.15) is 34.3 Å². The summed E-state index contributed by atoms with van der Waals surface area (Å²) in [6.45, 7) is 0.446. The molecule has 2 aliphatic rings. The highest BCUT2D eigenvalue weighted by atomic mass is 16.3. The predicted molar refractivity (Wildman–Crippen MR) is 153 cm³/mol. The van der Waals surface area contributed by atoms with Crippen molar-refractivity contribution in [1.82, 2.24) is 14.8 Å². The highest BCUT2D eigenvalue weighted by molar-refractivity contribution is 6.08. The number of β-amino-alcohol motifs (C(OH)–C–C–N with tert-alkyl or cyclic N) is 1. The van der Waals surface area contributed by atoms with Crippen molar-refractivity contribution < 1.29 is 19.5 Å². The van der Waals surface area contributed by atoms with Crippen LogP contribution in [0.3, 0.4) is 0 Å². The standard InChI is InChI=1S/C32H32N4O4/c1-34-20-25(24-12-6-8-14-28(24)34)31(39)36-19-23(37)17-29(36)30(38)33-26-16-15-22-11-5-7-13-27(22)35(32(26)40)18-21-9-3-2-4-10-21/h2-14,20,23,26,29,37H,15-19H2,1H3,(H,33,38)/t23-,26?,29?/m1/s1. The van der Waals surface area contributed by atoms with Crippen molar-refractivity contribution in [3.63, 3.8) is 0 Å². The molecule has 0 bridgehead atoms. The number of hydrogen-bond acceptors (Lipinski definition) is 4. The van der Waals surface area contributed by atoms with E-state index in [4.69, 9.17) is 0 Å². The lowest BCUT2D eigenvalue weighted by Gasteiger charge is -2.28. The number of carbonyl (C=O) groups is 3. The molecule has 8 nitrogen and oxygen atoms in total. The normalized spacial score (nSPS) is 20.9. The third-order valence-electron chi connectivity index (χ3n) is 8.02. The van der Waals surface area contributed by atoms with Crippen LogP contribution in [0, 0.1) is 0 Å². The highest BCUT2D eigenvalue weighted by Gasteiger charge is 2.42. The Hall–Kier alpha value is -4.43. The van der Waals surface area contributed by atoms with Gasteiger partial charge in [-0.25, -0.2) is 0 Å². The Morgan fingerprint density at radius 2 is 1.70 bits per heavy atom. The molecule has 2 aliphatic heterocycles. The van der Waals surface area contributed by atoms with Gasteiger partial charge in [-0.1, -0.05) is 66.7 Å². The lowest BCUT2D eigenvalue weighted by molar-refractivity contribution is -0.130. The van der Waals surface area contributed by atoms with E-state index in [0.29, 0.717) is 24.9 Å². The van der Waals surface area contributed by atoms with E-state index in [-0.39, 0.29) is 24.8 Å². The number of nitrogens with one attached hydrogen (secondary N) is 1. The first kappa shape index (κ1) is 25.8. The fourth-order valence-electron chi connectivity index (χ4n) is 6.00. The number of aromatic nitrogens is 1. The van der Waals surface area contributed by atoms with Gasteiger partial charge >= 0.3 is 0 Å². The summed E-state index contributed by atoms with van der Waals surface area (Å²) in [5.74, 6) is -0.916. The van der Waals surface area contributed by atoms with Crippen molar-refractivity contribution >= 4 is 34.3 Å². The Morgan fingerprint density at radius 3 is 2.52 bits per heavy atom. The summed E-state index contributed by atoms with van der Waals surface area (Å²) in [7, 11) is 1.87. The first-order valence-electron chi connectivity index (χ1n) is 13.7. The molecular formula is C32H32N4O4. The van der Waals surface area contributed by atoms with E-state index in [2.05, 4.69) is 5.32 Å². The molecule has 1 aromatic heterocycles. The van der Waals surface area contributed by atoms with Gasteiger partial charge in [0.2, 0.25) is 11.8 Å². The van der Waals surface area contributed by atoms with Gasteiger partial charge in [-0.3, -0.25) is 14.4 Å². The van der Waals surface area contributed by atoms with E-state index in [1.807, 2.05) is 90.5 Å². The Kier molecular flexibility index (Phi) is 6.86. The number of rotatable bonds is 5. The molecule has 2 N–H and O–H groups in total. The van der Waals surface area contributed by atoms with Gasteiger partial charge in [0, 0.05) is 42.8 Å². The third kappa shape index (κ3) is 4.75. The summed E-state index contributed by atoms with van der Waals surface area (Å²) in [6.07, 6.45) is 2.14. The monoisotopic (exact) mass is 536 g/mol. The van der Waals surface area contributed by atoms with Crippen LogP contribution in [-0.4, -0.2) is 57.0 Å². The molecule has 3 heterocycles. The maximum atomic E-state index is 13.9. The van der Waals surface area contributed by atoms with Crippen molar-refractivity contribution in [3.05, 3.63) is 102 Å². The number of nitrogens with zero attached hydrogens (tertiary/aromatic N) is 3. The van der Waals surface area contributed by atoms with Crippen molar-refractivity contribution in [3.8, 4) is 0 Å². The summed E-state index contributed by atoms with van der Waals surface area (Å²) in [5.41, 5.74) is 4.28. The Bertz CT molecular complexity index is 1580. The van der Waals surface area contributed by atoms with Crippen molar-refractivity contribution in [1.29, 1.82) is 0 Å². The zero-order chi connectivity index (χ0) is 27.8. The van der Waals surface area contributed by atoms with E-state index >= 15 is 0 Å². The van der Waals surface area contributed by atoms with E-state index in [9.17, 15) is 19.5 Å². The maximum absolute atomic E-state index is 13.9. The average molecular weight is 537 g/mol. The number of para-hydroxylation sites is 2. The minimum Gasteiger partial charge on any atom is -0.391 e. The Morgan fingerprint density at radius 1 is 0.975 bits per heavy atom. The fraction of sp³-hybridized carbons (Fsp3) is 0.281. The Balaban J connectivity index is 1.25. The molecule has 0 spiro atoms. The average Bonchev–Trinajstić information content (AvgIpc) is 3.50. The zero-order valence-electron chi connectivity index (χ0n) is 22.4. The van der Waals surface area contributed by atoms with Crippen molar-refractivity contribution in [2.75, 3.05) is 11.4 Å². The minimum absolute atomic E-state index is 0.0598. The largest absolute Gasteiger partial charge is 0.391 e. The van der Waals surface area contributed by atoms with Gasteiger partial charge in [0.15, 0.2) is 0 Å². The Labute approximate surface area is 232 Å². The van der Waals surface area contributed by atoms with Crippen LogP contribution >= 0.6 is 0 Å². The molecule has 0 saturated carbocycles. The van der Waals surface area contributed by atoms with Crippen LogP contribution in [0.2, 0.25) is 0 Å². The van der Waals surface area contributed by atoms with Gasteiger partial charge in [-0.15, -0.1) is 0 Å². The molecule has 0 radical (unpaired) electrons. The van der Waals surface area contributed by atoms with Gasteiger partial charge in [0.25, 0.3) is 5.91 Å². The molecular weight excluding hydrogens is 504 g/mol. The number of hydrogen-bond donors (Lipinski definition) is 2. The molecule has 40 heavy (non-hydrogen) atoms. The van der Waals surface area contributed by atoms with Gasteiger partial charge in [0.1, 0.15) is 12.1 Å². The second-order valence-electron chi connectivity index (χ2n) is 10.7. The first-order chi connectivity index (χ1) is 19.4. The number of carbonyl (C=O) groups excluding carboxylic acids is 3. The van der Waals surface area contributed by atoms with Gasteiger partial charge in [-0.2, -0.15) is 0 Å². The van der Waals surface area contributed by atoms with Crippen LogP contribution in [0.5, 0.6) is 0 Å². The smallest absolute Gasteiger partial charge is 0.256 e. The van der Waals surface area contributed by atoms with Crippen LogP contribution in [-0.2, 0) is 29.6 Å². The summed E-state index contributed by atoms with van der Waals surface area (Å²) in [6, 6.07) is 23.6. The minimum atomic E-state index is -0.873. The number of aliphatic hydroxyl groups excluding tert-OH is 1. The van der Waals surface area contributed by atoms with Crippen LogP contribution in [0.25, 0.3) is 10.9 Å². The second kappa shape index (κ2) is 10.6. The topological polar surface area (TPSA) is 94.9 Å². The van der Waals surface area contributed by atoms with E-state index in [1.165, 1.54) is 4.90 Å². The molecule has 3 aromatic carbocycles. The predicted octanol–water partition coefficient (Wildman–Crippen LogP) is 3.42. The van der Waals surface area contributed by atoms with Crippen molar-refractivity contribution in [2.24, 2.45) is 7.05 Å². The van der Waals surface area contributed by atoms with Crippen molar-refractivity contribution in [2.45, 2.75) is 44.0 Å². The molecule has 0 aliphatic carbocycles.